The van der Waals surface area contributed by atoms with Gasteiger partial charge in [0, 0.05) is 30.3 Å². The molecule has 78 valence electrons. The Morgan fingerprint density at radius 1 is 1.29 bits per heavy atom. The Labute approximate surface area is 90.8 Å². The molecule has 0 saturated heterocycles. The van der Waals surface area contributed by atoms with Crippen LogP contribution in [0.4, 0.5) is 0 Å². The number of aromatic nitrogens is 2. The number of halogens is 1. The number of nitrogens with one attached hydrogen (secondary N) is 1. The van der Waals surface area contributed by atoms with Gasteiger partial charge in [-0.3, -0.25) is 0 Å². The molecule has 1 aliphatic heterocycles. The number of fused-ring (bicyclic) bond motifs is 1. The molecule has 0 bridgehead atoms. The summed E-state index contributed by atoms with van der Waals surface area (Å²) in [4.78, 5) is 8.92. The Kier molecular flexibility index (Phi) is 3.12. The van der Waals surface area contributed by atoms with Crippen molar-refractivity contribution in [2.24, 2.45) is 0 Å². The third-order valence-electron chi connectivity index (χ3n) is 2.23. The molecule has 0 aliphatic carbocycles. The number of hydrogen-bond acceptors (Lipinski definition) is 3. The number of hydrogen-bond donors (Lipinski definition) is 1. The van der Waals surface area contributed by atoms with E-state index in [1.165, 1.54) is 11.3 Å². The summed E-state index contributed by atoms with van der Waals surface area (Å²) in [5, 5.41) is 3.26. The van der Waals surface area contributed by atoms with Gasteiger partial charge in [-0.05, 0) is 0 Å². The molecule has 0 amide bonds. The molecule has 2 rings (SSSR count). The summed E-state index contributed by atoms with van der Waals surface area (Å²) in [7, 11) is 0. The van der Waals surface area contributed by atoms with Crippen LogP contribution in [0.3, 0.4) is 0 Å². The van der Waals surface area contributed by atoms with Crippen LogP contribution < -0.4 is 5.32 Å². The molecule has 3 nitrogen and oxygen atoms in total. The fourth-order valence-corrected chi connectivity index (χ4v) is 1.42. The molecule has 1 aromatic rings. The fourth-order valence-electron chi connectivity index (χ4n) is 1.42. The average molecular weight is 214 g/mol. The standard InChI is InChI=1S/C10H15N3.ClH/c1-10(2,3)9-12-5-7-4-11-6-8(7)13-9;/h5,11H,4,6H2,1-3H3;1H. The van der Waals surface area contributed by atoms with Gasteiger partial charge in [-0.15, -0.1) is 12.4 Å². The van der Waals surface area contributed by atoms with E-state index in [0.717, 1.165) is 18.9 Å². The van der Waals surface area contributed by atoms with Gasteiger partial charge in [0.25, 0.3) is 0 Å². The van der Waals surface area contributed by atoms with Gasteiger partial charge in [-0.1, -0.05) is 20.8 Å². The fraction of sp³-hybridized carbons (Fsp3) is 0.600. The minimum Gasteiger partial charge on any atom is -0.307 e. The Morgan fingerprint density at radius 2 is 2.00 bits per heavy atom. The molecule has 4 heteroatoms. The van der Waals surface area contributed by atoms with Crippen molar-refractivity contribution < 1.29 is 0 Å². The molecule has 0 spiro atoms. The zero-order valence-corrected chi connectivity index (χ0v) is 9.61. The van der Waals surface area contributed by atoms with Gasteiger partial charge in [0.2, 0.25) is 0 Å². The summed E-state index contributed by atoms with van der Waals surface area (Å²) >= 11 is 0. The molecule has 14 heavy (non-hydrogen) atoms. The highest BCUT2D eigenvalue weighted by Gasteiger charge is 2.20. The molecule has 2 heterocycles. The Hall–Kier alpha value is -0.670. The van der Waals surface area contributed by atoms with Crippen LogP contribution in [0.5, 0.6) is 0 Å². The lowest BCUT2D eigenvalue weighted by atomic mass is 9.95. The highest BCUT2D eigenvalue weighted by molar-refractivity contribution is 5.85. The summed E-state index contributed by atoms with van der Waals surface area (Å²) in [5.74, 6) is 0.940. The quantitative estimate of drug-likeness (QED) is 0.714. The van der Waals surface area contributed by atoms with E-state index >= 15 is 0 Å². The smallest absolute Gasteiger partial charge is 0.133 e. The average Bonchev–Trinajstić information content (AvgIpc) is 2.47. The first-order chi connectivity index (χ1) is 6.07. The van der Waals surface area contributed by atoms with Crippen LogP contribution in [0.1, 0.15) is 37.9 Å². The zero-order valence-electron chi connectivity index (χ0n) is 8.79. The van der Waals surface area contributed by atoms with Crippen LogP contribution in [-0.4, -0.2) is 9.97 Å². The van der Waals surface area contributed by atoms with E-state index in [1.807, 2.05) is 6.20 Å². The normalized spacial score (nSPS) is 14.8. The molecular weight excluding hydrogens is 198 g/mol. The van der Waals surface area contributed by atoms with Gasteiger partial charge in [-0.25, -0.2) is 9.97 Å². The van der Waals surface area contributed by atoms with Crippen LogP contribution in [0, 0.1) is 0 Å². The van der Waals surface area contributed by atoms with Crippen LogP contribution in [-0.2, 0) is 18.5 Å². The molecule has 0 radical (unpaired) electrons. The summed E-state index contributed by atoms with van der Waals surface area (Å²) in [6, 6.07) is 0. The van der Waals surface area contributed by atoms with Gasteiger partial charge in [0.1, 0.15) is 5.82 Å². The number of rotatable bonds is 0. The molecule has 0 unspecified atom stereocenters. The molecule has 0 saturated carbocycles. The molecule has 1 aromatic heterocycles. The maximum absolute atomic E-state index is 4.55. The van der Waals surface area contributed by atoms with Crippen molar-refractivity contribution >= 4 is 12.4 Å². The zero-order chi connectivity index (χ0) is 9.47. The van der Waals surface area contributed by atoms with Crippen LogP contribution >= 0.6 is 12.4 Å². The Balaban J connectivity index is 0.000000980. The third kappa shape index (κ3) is 2.04. The number of nitrogens with zero attached hydrogens (tertiary/aromatic N) is 2. The summed E-state index contributed by atoms with van der Waals surface area (Å²) in [6.07, 6.45) is 1.95. The lowest BCUT2D eigenvalue weighted by Gasteiger charge is -2.16. The van der Waals surface area contributed by atoms with E-state index in [1.54, 1.807) is 0 Å². The van der Waals surface area contributed by atoms with Crippen LogP contribution in [0.15, 0.2) is 6.20 Å². The van der Waals surface area contributed by atoms with Crippen molar-refractivity contribution in [3.8, 4) is 0 Å². The predicted molar refractivity (Wildman–Crippen MR) is 58.5 cm³/mol. The first kappa shape index (κ1) is 11.4. The third-order valence-corrected chi connectivity index (χ3v) is 2.23. The van der Waals surface area contributed by atoms with Gasteiger partial charge in [0.15, 0.2) is 0 Å². The molecule has 0 aromatic carbocycles. The van der Waals surface area contributed by atoms with E-state index in [9.17, 15) is 0 Å². The van der Waals surface area contributed by atoms with Gasteiger partial charge in [0.05, 0.1) is 5.69 Å². The predicted octanol–water partition coefficient (Wildman–Crippen LogP) is 1.80. The lowest BCUT2D eigenvalue weighted by Crippen LogP contribution is -2.16. The molecule has 0 fully saturated rings. The highest BCUT2D eigenvalue weighted by atomic mass is 35.5. The summed E-state index contributed by atoms with van der Waals surface area (Å²) < 4.78 is 0. The van der Waals surface area contributed by atoms with Gasteiger partial charge in [-0.2, -0.15) is 0 Å². The van der Waals surface area contributed by atoms with Crippen molar-refractivity contribution in [3.05, 3.63) is 23.3 Å². The molecule has 1 N–H and O–H groups in total. The lowest BCUT2D eigenvalue weighted by molar-refractivity contribution is 0.541. The maximum atomic E-state index is 4.55. The van der Waals surface area contributed by atoms with Gasteiger partial charge < -0.3 is 5.32 Å². The van der Waals surface area contributed by atoms with E-state index in [0.29, 0.717) is 0 Å². The van der Waals surface area contributed by atoms with Crippen molar-refractivity contribution in [2.45, 2.75) is 39.3 Å². The van der Waals surface area contributed by atoms with Crippen molar-refractivity contribution in [2.75, 3.05) is 0 Å². The topological polar surface area (TPSA) is 37.8 Å². The molecule has 1 aliphatic rings. The first-order valence-corrected chi connectivity index (χ1v) is 4.63. The second-order valence-corrected chi connectivity index (χ2v) is 4.52. The Bertz CT molecular complexity index is 331. The monoisotopic (exact) mass is 213 g/mol. The largest absolute Gasteiger partial charge is 0.307 e. The van der Waals surface area contributed by atoms with Crippen molar-refractivity contribution in [1.29, 1.82) is 0 Å². The molecule has 0 atom stereocenters. The molecular formula is C10H16ClN3. The summed E-state index contributed by atoms with van der Waals surface area (Å²) in [5.41, 5.74) is 2.46. The summed E-state index contributed by atoms with van der Waals surface area (Å²) in [6.45, 7) is 8.21. The maximum Gasteiger partial charge on any atom is 0.133 e. The minimum absolute atomic E-state index is 0. The van der Waals surface area contributed by atoms with Crippen LogP contribution in [0.2, 0.25) is 0 Å². The van der Waals surface area contributed by atoms with E-state index in [-0.39, 0.29) is 17.8 Å². The SMILES string of the molecule is CC(C)(C)c1ncc2c(n1)CNC2.Cl. The van der Waals surface area contributed by atoms with E-state index in [2.05, 4.69) is 36.1 Å². The van der Waals surface area contributed by atoms with E-state index < -0.39 is 0 Å². The second kappa shape index (κ2) is 3.83. The highest BCUT2D eigenvalue weighted by Crippen LogP contribution is 2.20. The minimum atomic E-state index is 0. The Morgan fingerprint density at radius 3 is 2.64 bits per heavy atom. The van der Waals surface area contributed by atoms with Crippen molar-refractivity contribution in [1.82, 2.24) is 15.3 Å². The van der Waals surface area contributed by atoms with Gasteiger partial charge >= 0.3 is 0 Å². The van der Waals surface area contributed by atoms with Crippen molar-refractivity contribution in [3.63, 3.8) is 0 Å². The second-order valence-electron chi connectivity index (χ2n) is 4.52. The van der Waals surface area contributed by atoms with E-state index in [4.69, 9.17) is 0 Å². The van der Waals surface area contributed by atoms with Crippen LogP contribution in [0.25, 0.3) is 0 Å². The first-order valence-electron chi connectivity index (χ1n) is 4.63.